The molecule has 23 heavy (non-hydrogen) atoms. The summed E-state index contributed by atoms with van der Waals surface area (Å²) in [5, 5.41) is 1.00. The average Bonchev–Trinajstić information content (AvgIpc) is 2.63. The number of hydrogen-bond donors (Lipinski definition) is 0. The summed E-state index contributed by atoms with van der Waals surface area (Å²) in [5.74, 6) is 1.12. The van der Waals surface area contributed by atoms with E-state index in [0.29, 0.717) is 31.9 Å². The summed E-state index contributed by atoms with van der Waals surface area (Å²) in [6.45, 7) is 6.20. The number of likely N-dealkylation sites (tertiary alicyclic amines) is 1. The van der Waals surface area contributed by atoms with Gasteiger partial charge in [0.2, 0.25) is 0 Å². The molecule has 2 aliphatic heterocycles. The van der Waals surface area contributed by atoms with Crippen molar-refractivity contribution < 1.29 is 9.53 Å². The number of rotatable bonds is 5. The maximum atomic E-state index is 12.3. The van der Waals surface area contributed by atoms with Gasteiger partial charge in [0, 0.05) is 31.6 Å². The van der Waals surface area contributed by atoms with Crippen LogP contribution in [0.2, 0.25) is 0 Å². The van der Waals surface area contributed by atoms with Gasteiger partial charge < -0.3 is 14.5 Å². The van der Waals surface area contributed by atoms with Crippen LogP contribution in [0.5, 0.6) is 0 Å². The van der Waals surface area contributed by atoms with Gasteiger partial charge in [-0.05, 0) is 38.1 Å². The van der Waals surface area contributed by atoms with Crippen molar-refractivity contribution in [1.82, 2.24) is 14.8 Å². The number of hydrogen-bond acceptors (Lipinski definition) is 5. The Morgan fingerprint density at radius 2 is 1.91 bits per heavy atom. The van der Waals surface area contributed by atoms with Crippen molar-refractivity contribution in [3.05, 3.63) is 23.9 Å². The van der Waals surface area contributed by atoms with E-state index in [4.69, 9.17) is 4.74 Å². The highest BCUT2D eigenvalue weighted by atomic mass is 32.2. The second kappa shape index (κ2) is 8.66. The molecule has 0 unspecified atom stereocenters. The van der Waals surface area contributed by atoms with Crippen molar-refractivity contribution >= 4 is 17.7 Å². The molecule has 2 aliphatic rings. The summed E-state index contributed by atoms with van der Waals surface area (Å²) in [4.78, 5) is 21.2. The summed E-state index contributed by atoms with van der Waals surface area (Å²) in [6.07, 6.45) is 5.76. The minimum atomic E-state index is 0.0608. The molecular formula is C17H25N3O2S. The van der Waals surface area contributed by atoms with Crippen LogP contribution in [0.1, 0.15) is 29.6 Å². The maximum absolute atomic E-state index is 12.3. The van der Waals surface area contributed by atoms with Crippen LogP contribution in [0.4, 0.5) is 0 Å². The number of ether oxygens (including phenoxy) is 1. The van der Waals surface area contributed by atoms with Crippen molar-refractivity contribution in [3.63, 3.8) is 0 Å². The molecule has 1 aromatic heterocycles. The highest BCUT2D eigenvalue weighted by Crippen LogP contribution is 2.17. The first-order valence-electron chi connectivity index (χ1n) is 8.51. The summed E-state index contributed by atoms with van der Waals surface area (Å²) in [7, 11) is 0. The van der Waals surface area contributed by atoms with Gasteiger partial charge in [-0.3, -0.25) is 4.79 Å². The van der Waals surface area contributed by atoms with E-state index in [1.165, 1.54) is 32.4 Å². The topological polar surface area (TPSA) is 45.7 Å². The fourth-order valence-electron chi connectivity index (χ4n) is 3.00. The largest absolute Gasteiger partial charge is 0.378 e. The van der Waals surface area contributed by atoms with Crippen molar-refractivity contribution in [1.29, 1.82) is 0 Å². The molecule has 1 amide bonds. The molecule has 126 valence electrons. The van der Waals surface area contributed by atoms with Gasteiger partial charge in [0.25, 0.3) is 5.91 Å². The van der Waals surface area contributed by atoms with Crippen LogP contribution in [0.15, 0.2) is 23.4 Å². The molecule has 2 saturated heterocycles. The minimum absolute atomic E-state index is 0.0608. The standard InChI is InChI=1S/C17H25N3O2S/c21-17(20-8-11-22-12-9-20)15-4-5-16(18-14-15)23-13-10-19-6-2-1-3-7-19/h4-5,14H,1-3,6-13H2. The summed E-state index contributed by atoms with van der Waals surface area (Å²) in [6, 6.07) is 3.86. The normalized spacial score (nSPS) is 19.7. The van der Waals surface area contributed by atoms with Crippen LogP contribution >= 0.6 is 11.8 Å². The lowest BCUT2D eigenvalue weighted by atomic mass is 10.1. The number of pyridine rings is 1. The van der Waals surface area contributed by atoms with Gasteiger partial charge in [0.1, 0.15) is 0 Å². The second-order valence-electron chi connectivity index (χ2n) is 6.04. The Morgan fingerprint density at radius 1 is 1.13 bits per heavy atom. The SMILES string of the molecule is O=C(c1ccc(SCCN2CCCCC2)nc1)N1CCOCC1. The van der Waals surface area contributed by atoms with Gasteiger partial charge in [-0.2, -0.15) is 0 Å². The highest BCUT2D eigenvalue weighted by Gasteiger charge is 2.18. The smallest absolute Gasteiger partial charge is 0.255 e. The molecule has 6 heteroatoms. The fourth-order valence-corrected chi connectivity index (χ4v) is 3.85. The Labute approximate surface area is 142 Å². The van der Waals surface area contributed by atoms with Gasteiger partial charge in [0.05, 0.1) is 23.8 Å². The van der Waals surface area contributed by atoms with Gasteiger partial charge in [0.15, 0.2) is 0 Å². The predicted octanol–water partition coefficient (Wildman–Crippen LogP) is 2.13. The van der Waals surface area contributed by atoms with E-state index in [1.54, 1.807) is 18.0 Å². The first-order chi connectivity index (χ1) is 11.3. The van der Waals surface area contributed by atoms with Gasteiger partial charge >= 0.3 is 0 Å². The molecule has 0 saturated carbocycles. The number of nitrogens with zero attached hydrogens (tertiary/aromatic N) is 3. The predicted molar refractivity (Wildman–Crippen MR) is 92.0 cm³/mol. The van der Waals surface area contributed by atoms with Gasteiger partial charge in [-0.25, -0.2) is 4.98 Å². The quantitative estimate of drug-likeness (QED) is 0.772. The Balaban J connectivity index is 1.45. The van der Waals surface area contributed by atoms with E-state index in [-0.39, 0.29) is 5.91 Å². The van der Waals surface area contributed by atoms with Crippen LogP contribution < -0.4 is 0 Å². The van der Waals surface area contributed by atoms with E-state index in [0.717, 1.165) is 17.3 Å². The molecule has 0 atom stereocenters. The molecule has 0 spiro atoms. The van der Waals surface area contributed by atoms with E-state index in [2.05, 4.69) is 9.88 Å². The Hall–Kier alpha value is -1.11. The number of aromatic nitrogens is 1. The summed E-state index contributed by atoms with van der Waals surface area (Å²) >= 11 is 1.77. The minimum Gasteiger partial charge on any atom is -0.378 e. The number of piperidine rings is 1. The molecule has 3 rings (SSSR count). The Kier molecular flexibility index (Phi) is 6.30. The van der Waals surface area contributed by atoms with Crippen LogP contribution in [0.25, 0.3) is 0 Å². The third kappa shape index (κ3) is 4.93. The molecule has 0 aromatic carbocycles. The maximum Gasteiger partial charge on any atom is 0.255 e. The number of morpholine rings is 1. The number of carbonyl (C=O) groups excluding carboxylic acids is 1. The van der Waals surface area contributed by atoms with Crippen molar-refractivity contribution in [2.24, 2.45) is 0 Å². The first kappa shape index (κ1) is 16.7. The third-order valence-electron chi connectivity index (χ3n) is 4.39. The second-order valence-corrected chi connectivity index (χ2v) is 7.16. The number of thioether (sulfide) groups is 1. The van der Waals surface area contributed by atoms with Crippen LogP contribution in [-0.2, 0) is 4.74 Å². The van der Waals surface area contributed by atoms with Crippen LogP contribution in [-0.4, -0.2) is 72.4 Å². The van der Waals surface area contributed by atoms with E-state index >= 15 is 0 Å². The van der Waals surface area contributed by atoms with E-state index in [1.807, 2.05) is 17.0 Å². The van der Waals surface area contributed by atoms with Gasteiger partial charge in [-0.1, -0.05) is 6.42 Å². The average molecular weight is 335 g/mol. The lowest BCUT2D eigenvalue weighted by Gasteiger charge is -2.26. The Bertz CT molecular complexity index is 497. The summed E-state index contributed by atoms with van der Waals surface area (Å²) in [5.41, 5.74) is 0.673. The van der Waals surface area contributed by atoms with Gasteiger partial charge in [-0.15, -0.1) is 11.8 Å². The molecule has 0 aliphatic carbocycles. The first-order valence-corrected chi connectivity index (χ1v) is 9.50. The molecule has 0 N–H and O–H groups in total. The molecule has 2 fully saturated rings. The van der Waals surface area contributed by atoms with E-state index in [9.17, 15) is 4.79 Å². The molecule has 5 nitrogen and oxygen atoms in total. The lowest BCUT2D eigenvalue weighted by molar-refractivity contribution is 0.0302. The number of amides is 1. The number of carbonyl (C=O) groups is 1. The van der Waals surface area contributed by atoms with Crippen molar-refractivity contribution in [2.75, 3.05) is 51.7 Å². The fraction of sp³-hybridized carbons (Fsp3) is 0.647. The molecule has 0 radical (unpaired) electrons. The zero-order chi connectivity index (χ0) is 15.9. The molecule has 1 aromatic rings. The third-order valence-corrected chi connectivity index (χ3v) is 5.31. The zero-order valence-corrected chi connectivity index (χ0v) is 14.4. The zero-order valence-electron chi connectivity index (χ0n) is 13.6. The molecular weight excluding hydrogens is 310 g/mol. The molecule has 3 heterocycles. The highest BCUT2D eigenvalue weighted by molar-refractivity contribution is 7.99. The van der Waals surface area contributed by atoms with E-state index < -0.39 is 0 Å². The monoisotopic (exact) mass is 335 g/mol. The van der Waals surface area contributed by atoms with Crippen LogP contribution in [0, 0.1) is 0 Å². The van der Waals surface area contributed by atoms with Crippen molar-refractivity contribution in [2.45, 2.75) is 24.3 Å². The van der Waals surface area contributed by atoms with Crippen LogP contribution in [0.3, 0.4) is 0 Å². The Morgan fingerprint density at radius 3 is 2.61 bits per heavy atom. The van der Waals surface area contributed by atoms with Crippen molar-refractivity contribution in [3.8, 4) is 0 Å². The lowest BCUT2D eigenvalue weighted by Crippen LogP contribution is -2.40. The molecule has 0 bridgehead atoms. The summed E-state index contributed by atoms with van der Waals surface area (Å²) < 4.78 is 5.28.